The topological polar surface area (TPSA) is 45.0 Å². The van der Waals surface area contributed by atoms with Gasteiger partial charge in [-0.2, -0.15) is 5.26 Å². The summed E-state index contributed by atoms with van der Waals surface area (Å²) >= 11 is 6.85. The minimum absolute atomic E-state index is 0.305. The lowest BCUT2D eigenvalue weighted by atomic mass is 10.1. The van der Waals surface area contributed by atoms with Crippen LogP contribution in [0, 0.1) is 17.1 Å². The van der Waals surface area contributed by atoms with Gasteiger partial charge in [-0.05, 0) is 61.7 Å². The molecule has 0 aliphatic carbocycles. The van der Waals surface area contributed by atoms with E-state index in [2.05, 4.69) is 37.2 Å². The number of halogens is 3. The molecule has 0 aromatic heterocycles. The first-order chi connectivity index (χ1) is 10.0. The second-order valence-electron chi connectivity index (χ2n) is 4.28. The van der Waals surface area contributed by atoms with E-state index in [1.165, 1.54) is 12.1 Å². The highest BCUT2D eigenvalue weighted by molar-refractivity contribution is 9.11. The van der Waals surface area contributed by atoms with Gasteiger partial charge in [0.05, 0.1) is 28.9 Å². The Hall–Kier alpha value is -1.58. The van der Waals surface area contributed by atoms with E-state index in [-0.39, 0.29) is 0 Å². The molecule has 0 heterocycles. The molecule has 2 aromatic carbocycles. The Morgan fingerprint density at radius 1 is 1.19 bits per heavy atom. The molecule has 0 radical (unpaired) electrons. The largest absolute Gasteiger partial charge is 0.495 e. The molecule has 1 N–H and O–H groups in total. The molecule has 0 unspecified atom stereocenters. The van der Waals surface area contributed by atoms with Crippen molar-refractivity contribution in [3.05, 3.63) is 56.2 Å². The van der Waals surface area contributed by atoms with Crippen molar-refractivity contribution < 1.29 is 9.13 Å². The molecule has 0 aliphatic heterocycles. The van der Waals surface area contributed by atoms with E-state index in [0.29, 0.717) is 23.4 Å². The Kier molecular flexibility index (Phi) is 5.21. The van der Waals surface area contributed by atoms with Crippen LogP contribution in [0.15, 0.2) is 39.3 Å². The molecule has 2 aromatic rings. The minimum Gasteiger partial charge on any atom is -0.495 e. The number of hydrogen-bond donors (Lipinski definition) is 1. The summed E-state index contributed by atoms with van der Waals surface area (Å²) < 4.78 is 20.3. The third-order valence-electron chi connectivity index (χ3n) is 2.81. The predicted molar refractivity (Wildman–Crippen MR) is 86.8 cm³/mol. The van der Waals surface area contributed by atoms with Crippen molar-refractivity contribution in [3.63, 3.8) is 0 Å². The summed E-state index contributed by atoms with van der Waals surface area (Å²) in [5, 5.41) is 12.0. The highest BCUT2D eigenvalue weighted by atomic mass is 79.9. The second-order valence-corrected chi connectivity index (χ2v) is 5.99. The Morgan fingerprint density at radius 2 is 1.95 bits per heavy atom. The summed E-state index contributed by atoms with van der Waals surface area (Å²) in [4.78, 5) is 0. The van der Waals surface area contributed by atoms with Gasteiger partial charge in [0.15, 0.2) is 0 Å². The molecule has 0 aliphatic rings. The maximum atomic E-state index is 13.4. The lowest BCUT2D eigenvalue weighted by Crippen LogP contribution is -2.02. The van der Waals surface area contributed by atoms with Gasteiger partial charge < -0.3 is 10.1 Å². The molecule has 0 amide bonds. The van der Waals surface area contributed by atoms with Crippen LogP contribution in [0.4, 0.5) is 10.1 Å². The van der Waals surface area contributed by atoms with Crippen LogP contribution in [0.2, 0.25) is 0 Å². The number of nitrogens with zero attached hydrogens (tertiary/aromatic N) is 1. The summed E-state index contributed by atoms with van der Waals surface area (Å²) in [6.07, 6.45) is 0. The van der Waals surface area contributed by atoms with E-state index >= 15 is 0 Å². The summed E-state index contributed by atoms with van der Waals surface area (Å²) in [6.45, 7) is 0.399. The highest BCUT2D eigenvalue weighted by Crippen LogP contribution is 2.34. The zero-order valence-corrected chi connectivity index (χ0v) is 14.3. The van der Waals surface area contributed by atoms with Crippen molar-refractivity contribution in [1.82, 2.24) is 0 Å². The van der Waals surface area contributed by atoms with Crippen LogP contribution in [0.3, 0.4) is 0 Å². The Bertz CT molecular complexity index is 714. The van der Waals surface area contributed by atoms with Gasteiger partial charge in [0, 0.05) is 17.1 Å². The molecule has 21 heavy (non-hydrogen) atoms. The Labute approximate surface area is 139 Å². The molecular weight excluding hydrogens is 403 g/mol. The average Bonchev–Trinajstić information content (AvgIpc) is 2.45. The third kappa shape index (κ3) is 3.96. The molecular formula is C15H11Br2FN2O. The normalized spacial score (nSPS) is 10.0. The Morgan fingerprint density at radius 3 is 2.62 bits per heavy atom. The number of nitriles is 1. The first kappa shape index (κ1) is 15.8. The van der Waals surface area contributed by atoms with Gasteiger partial charge >= 0.3 is 0 Å². The zero-order chi connectivity index (χ0) is 15.4. The van der Waals surface area contributed by atoms with E-state index < -0.39 is 5.82 Å². The van der Waals surface area contributed by atoms with Crippen LogP contribution < -0.4 is 10.1 Å². The monoisotopic (exact) mass is 412 g/mol. The number of methoxy groups -OCH3 is 1. The molecule has 0 fully saturated rings. The first-order valence-electron chi connectivity index (χ1n) is 6.00. The molecule has 2 rings (SSSR count). The van der Waals surface area contributed by atoms with Crippen molar-refractivity contribution in [3.8, 4) is 11.8 Å². The first-order valence-corrected chi connectivity index (χ1v) is 7.58. The van der Waals surface area contributed by atoms with Crippen LogP contribution in [0.1, 0.15) is 11.1 Å². The van der Waals surface area contributed by atoms with Crippen LogP contribution in [0.5, 0.6) is 5.75 Å². The number of anilines is 1. The van der Waals surface area contributed by atoms with E-state index in [4.69, 9.17) is 10.00 Å². The smallest absolute Gasteiger partial charge is 0.135 e. The maximum Gasteiger partial charge on any atom is 0.135 e. The molecule has 0 saturated carbocycles. The quantitative estimate of drug-likeness (QED) is 0.779. The molecule has 3 nitrogen and oxygen atoms in total. The van der Waals surface area contributed by atoms with Gasteiger partial charge in [0.1, 0.15) is 11.6 Å². The highest BCUT2D eigenvalue weighted by Gasteiger charge is 2.08. The van der Waals surface area contributed by atoms with E-state index in [1.54, 1.807) is 13.2 Å². The van der Waals surface area contributed by atoms with Gasteiger partial charge in [0.25, 0.3) is 0 Å². The SMILES string of the molecule is COc1cc(NCc2cc(F)cc(C#N)c2)c(Br)cc1Br. The number of hydrogen-bond acceptors (Lipinski definition) is 3. The summed E-state index contributed by atoms with van der Waals surface area (Å²) in [5.74, 6) is 0.274. The van der Waals surface area contributed by atoms with Crippen LogP contribution in [-0.2, 0) is 6.54 Å². The predicted octanol–water partition coefficient (Wildman–Crippen LogP) is 4.84. The van der Waals surface area contributed by atoms with Crippen LogP contribution >= 0.6 is 31.9 Å². The fraction of sp³-hybridized carbons (Fsp3) is 0.133. The van der Waals surface area contributed by atoms with Gasteiger partial charge in [-0.25, -0.2) is 4.39 Å². The molecule has 0 spiro atoms. The van der Waals surface area contributed by atoms with Crippen molar-refractivity contribution in [1.29, 1.82) is 5.26 Å². The summed E-state index contributed by atoms with van der Waals surface area (Å²) in [6, 6.07) is 9.90. The van der Waals surface area contributed by atoms with Gasteiger partial charge in [-0.1, -0.05) is 0 Å². The molecule has 0 bridgehead atoms. The lowest BCUT2D eigenvalue weighted by Gasteiger charge is -2.12. The van der Waals surface area contributed by atoms with Crippen LogP contribution in [-0.4, -0.2) is 7.11 Å². The number of benzene rings is 2. The van der Waals surface area contributed by atoms with Gasteiger partial charge in [-0.15, -0.1) is 0 Å². The number of rotatable bonds is 4. The van der Waals surface area contributed by atoms with Crippen molar-refractivity contribution >= 4 is 37.5 Å². The van der Waals surface area contributed by atoms with Gasteiger partial charge in [-0.3, -0.25) is 0 Å². The lowest BCUT2D eigenvalue weighted by molar-refractivity contribution is 0.412. The van der Waals surface area contributed by atoms with Crippen molar-refractivity contribution in [2.75, 3.05) is 12.4 Å². The Balaban J connectivity index is 2.20. The molecule has 6 heteroatoms. The van der Waals surface area contributed by atoms with E-state index in [0.717, 1.165) is 14.6 Å². The van der Waals surface area contributed by atoms with Gasteiger partial charge in [0.2, 0.25) is 0 Å². The van der Waals surface area contributed by atoms with Crippen LogP contribution in [0.25, 0.3) is 0 Å². The summed E-state index contributed by atoms with van der Waals surface area (Å²) in [5.41, 5.74) is 1.82. The fourth-order valence-corrected chi connectivity index (χ4v) is 3.13. The minimum atomic E-state index is -0.418. The maximum absolute atomic E-state index is 13.4. The van der Waals surface area contributed by atoms with Crippen molar-refractivity contribution in [2.45, 2.75) is 6.54 Å². The molecule has 108 valence electrons. The average molecular weight is 414 g/mol. The fourth-order valence-electron chi connectivity index (χ4n) is 1.84. The summed E-state index contributed by atoms with van der Waals surface area (Å²) in [7, 11) is 1.59. The van der Waals surface area contributed by atoms with E-state index in [9.17, 15) is 4.39 Å². The van der Waals surface area contributed by atoms with Crippen molar-refractivity contribution in [2.24, 2.45) is 0 Å². The molecule has 0 saturated heterocycles. The second kappa shape index (κ2) is 6.92. The standard InChI is InChI=1S/C15H11Br2FN2O/c1-21-15-6-14(12(16)5-13(15)17)20-8-10-2-9(7-19)3-11(18)4-10/h2-6,20H,8H2,1H3. The number of nitrogens with one attached hydrogen (secondary N) is 1. The molecule has 0 atom stereocenters. The third-order valence-corrected chi connectivity index (χ3v) is 4.09. The zero-order valence-electron chi connectivity index (χ0n) is 11.1. The number of ether oxygens (including phenoxy) is 1. The van der Waals surface area contributed by atoms with E-state index in [1.807, 2.05) is 18.2 Å².